The number of aryl methyl sites for hydroxylation is 1. The SMILES string of the molecule is Cc1cc(Oc2cc(C(=O)O)cc(C(C)(C)C)n2)n[nH]1. The standard InChI is InChI=1S/C14H17N3O3/c1-8-5-12(17-16-8)20-11-7-9(13(18)19)6-10(15-11)14(2,3)4/h5-7H,1-4H3,(H,16,17)(H,18,19). The van der Waals surface area contributed by atoms with Crippen LogP contribution in [0.25, 0.3) is 0 Å². The van der Waals surface area contributed by atoms with Crippen LogP contribution in [0.4, 0.5) is 0 Å². The second kappa shape index (κ2) is 4.96. The minimum Gasteiger partial charge on any atom is -0.478 e. The lowest BCUT2D eigenvalue weighted by atomic mass is 9.91. The number of H-pyrrole nitrogens is 1. The average Bonchev–Trinajstić information content (AvgIpc) is 2.73. The normalized spacial score (nSPS) is 11.4. The van der Waals surface area contributed by atoms with E-state index in [1.807, 2.05) is 27.7 Å². The first-order valence-corrected chi connectivity index (χ1v) is 6.21. The van der Waals surface area contributed by atoms with Gasteiger partial charge in [-0.15, -0.1) is 5.10 Å². The van der Waals surface area contributed by atoms with Gasteiger partial charge in [0.2, 0.25) is 11.8 Å². The van der Waals surface area contributed by atoms with Crippen molar-refractivity contribution in [3.05, 3.63) is 35.2 Å². The maximum Gasteiger partial charge on any atom is 0.335 e. The van der Waals surface area contributed by atoms with Crippen LogP contribution in [-0.4, -0.2) is 26.3 Å². The van der Waals surface area contributed by atoms with Crippen molar-refractivity contribution in [1.82, 2.24) is 15.2 Å². The Labute approximate surface area is 116 Å². The summed E-state index contributed by atoms with van der Waals surface area (Å²) in [5.41, 5.74) is 1.38. The lowest BCUT2D eigenvalue weighted by Crippen LogP contribution is -2.15. The van der Waals surface area contributed by atoms with Crippen LogP contribution in [0.5, 0.6) is 11.8 Å². The fraction of sp³-hybridized carbons (Fsp3) is 0.357. The monoisotopic (exact) mass is 275 g/mol. The number of aromatic carboxylic acids is 1. The summed E-state index contributed by atoms with van der Waals surface area (Å²) in [7, 11) is 0. The molecule has 0 fully saturated rings. The molecule has 0 saturated heterocycles. The Morgan fingerprint density at radius 3 is 2.45 bits per heavy atom. The average molecular weight is 275 g/mol. The van der Waals surface area contributed by atoms with E-state index in [1.165, 1.54) is 6.07 Å². The molecule has 0 unspecified atom stereocenters. The van der Waals surface area contributed by atoms with Crippen LogP contribution in [0, 0.1) is 6.92 Å². The second-order valence-electron chi connectivity index (χ2n) is 5.63. The van der Waals surface area contributed by atoms with Crippen molar-refractivity contribution in [2.45, 2.75) is 33.1 Å². The maximum atomic E-state index is 11.2. The van der Waals surface area contributed by atoms with Gasteiger partial charge in [-0.2, -0.15) is 0 Å². The molecule has 2 aromatic heterocycles. The number of nitrogens with zero attached hydrogens (tertiary/aromatic N) is 2. The molecule has 0 bridgehead atoms. The lowest BCUT2D eigenvalue weighted by Gasteiger charge is -2.18. The third-order valence-electron chi connectivity index (χ3n) is 2.71. The van der Waals surface area contributed by atoms with Crippen molar-refractivity contribution in [3.63, 3.8) is 0 Å². The van der Waals surface area contributed by atoms with Gasteiger partial charge in [0.15, 0.2) is 0 Å². The molecule has 2 N–H and O–H groups in total. The second-order valence-corrected chi connectivity index (χ2v) is 5.63. The number of carbonyl (C=O) groups is 1. The van der Waals surface area contributed by atoms with Gasteiger partial charge in [-0.1, -0.05) is 20.8 Å². The number of ether oxygens (including phenoxy) is 1. The van der Waals surface area contributed by atoms with Crippen LogP contribution in [0.2, 0.25) is 0 Å². The molecule has 0 radical (unpaired) electrons. The van der Waals surface area contributed by atoms with Crippen LogP contribution >= 0.6 is 0 Å². The minimum atomic E-state index is -1.01. The fourth-order valence-corrected chi connectivity index (χ4v) is 1.62. The summed E-state index contributed by atoms with van der Waals surface area (Å²) >= 11 is 0. The molecule has 2 aromatic rings. The van der Waals surface area contributed by atoms with Gasteiger partial charge in [-0.25, -0.2) is 9.78 Å². The van der Waals surface area contributed by atoms with Gasteiger partial charge in [0.25, 0.3) is 0 Å². The topological polar surface area (TPSA) is 88.1 Å². The molecule has 2 rings (SSSR count). The minimum absolute atomic E-state index is 0.146. The number of nitrogens with one attached hydrogen (secondary N) is 1. The van der Waals surface area contributed by atoms with E-state index in [-0.39, 0.29) is 16.9 Å². The highest BCUT2D eigenvalue weighted by atomic mass is 16.5. The van der Waals surface area contributed by atoms with Crippen molar-refractivity contribution in [1.29, 1.82) is 0 Å². The summed E-state index contributed by atoms with van der Waals surface area (Å²) in [5.74, 6) is -0.431. The first-order chi connectivity index (χ1) is 9.25. The molecule has 106 valence electrons. The Hall–Kier alpha value is -2.37. The molecule has 2 heterocycles. The molecule has 0 aromatic carbocycles. The largest absolute Gasteiger partial charge is 0.478 e. The van der Waals surface area contributed by atoms with E-state index < -0.39 is 5.97 Å². The highest BCUT2D eigenvalue weighted by Crippen LogP contribution is 2.26. The number of rotatable bonds is 3. The van der Waals surface area contributed by atoms with Gasteiger partial charge in [-0.05, 0) is 13.0 Å². The zero-order valence-electron chi connectivity index (χ0n) is 11.9. The van der Waals surface area contributed by atoms with Crippen LogP contribution in [0.1, 0.15) is 42.5 Å². The molecule has 6 heteroatoms. The molecule has 0 spiro atoms. The van der Waals surface area contributed by atoms with Crippen LogP contribution < -0.4 is 4.74 Å². The Bertz CT molecular complexity index is 641. The summed E-state index contributed by atoms with van der Waals surface area (Å²) in [6, 6.07) is 4.67. The summed E-state index contributed by atoms with van der Waals surface area (Å²) in [6.07, 6.45) is 0. The molecule has 0 aliphatic rings. The van der Waals surface area contributed by atoms with Crippen LogP contribution in [0.3, 0.4) is 0 Å². The van der Waals surface area contributed by atoms with Gasteiger partial charge < -0.3 is 9.84 Å². The van der Waals surface area contributed by atoms with E-state index in [9.17, 15) is 4.79 Å². The molecule has 20 heavy (non-hydrogen) atoms. The van der Waals surface area contributed by atoms with Gasteiger partial charge in [0, 0.05) is 23.2 Å². The molecular weight excluding hydrogens is 258 g/mol. The lowest BCUT2D eigenvalue weighted by molar-refractivity contribution is 0.0696. The number of hydrogen-bond donors (Lipinski definition) is 2. The first kappa shape index (κ1) is 14.0. The molecule has 0 atom stereocenters. The fourth-order valence-electron chi connectivity index (χ4n) is 1.62. The molecule has 0 aliphatic heterocycles. The predicted octanol–water partition coefficient (Wildman–Crippen LogP) is 2.90. The van der Waals surface area contributed by atoms with Crippen molar-refractivity contribution in [3.8, 4) is 11.8 Å². The summed E-state index contributed by atoms with van der Waals surface area (Å²) in [4.78, 5) is 15.5. The van der Waals surface area contributed by atoms with E-state index in [2.05, 4.69) is 15.2 Å². The number of carboxylic acids is 1. The summed E-state index contributed by atoms with van der Waals surface area (Å²) < 4.78 is 5.51. The van der Waals surface area contributed by atoms with Crippen molar-refractivity contribution < 1.29 is 14.6 Å². The molecular formula is C14H17N3O3. The van der Waals surface area contributed by atoms with Gasteiger partial charge in [0.1, 0.15) is 0 Å². The van der Waals surface area contributed by atoms with E-state index in [0.29, 0.717) is 11.6 Å². The Balaban J connectivity index is 2.41. The molecule has 0 saturated carbocycles. The molecule has 0 amide bonds. The van der Waals surface area contributed by atoms with Crippen LogP contribution in [0.15, 0.2) is 18.2 Å². The highest BCUT2D eigenvalue weighted by Gasteiger charge is 2.20. The number of pyridine rings is 1. The van der Waals surface area contributed by atoms with Gasteiger partial charge in [-0.3, -0.25) is 5.10 Å². The number of aromatic amines is 1. The Morgan fingerprint density at radius 1 is 1.25 bits per heavy atom. The smallest absolute Gasteiger partial charge is 0.335 e. The first-order valence-electron chi connectivity index (χ1n) is 6.21. The number of carboxylic acid groups (broad SMARTS) is 1. The maximum absolute atomic E-state index is 11.2. The van der Waals surface area contributed by atoms with E-state index >= 15 is 0 Å². The van der Waals surface area contributed by atoms with E-state index in [4.69, 9.17) is 9.84 Å². The molecule has 6 nitrogen and oxygen atoms in total. The summed E-state index contributed by atoms with van der Waals surface area (Å²) in [6.45, 7) is 7.73. The number of aromatic nitrogens is 3. The quantitative estimate of drug-likeness (QED) is 0.899. The van der Waals surface area contributed by atoms with Crippen molar-refractivity contribution in [2.75, 3.05) is 0 Å². The number of hydrogen-bond acceptors (Lipinski definition) is 4. The van der Waals surface area contributed by atoms with Gasteiger partial charge in [0.05, 0.1) is 11.3 Å². The van der Waals surface area contributed by atoms with E-state index in [0.717, 1.165) is 5.69 Å². The van der Waals surface area contributed by atoms with Gasteiger partial charge >= 0.3 is 5.97 Å². The zero-order chi connectivity index (χ0) is 14.9. The van der Waals surface area contributed by atoms with Crippen molar-refractivity contribution >= 4 is 5.97 Å². The Morgan fingerprint density at radius 2 is 1.95 bits per heavy atom. The third kappa shape index (κ3) is 3.14. The van der Waals surface area contributed by atoms with E-state index in [1.54, 1.807) is 12.1 Å². The molecule has 0 aliphatic carbocycles. The predicted molar refractivity (Wildman–Crippen MR) is 73.3 cm³/mol. The summed E-state index contributed by atoms with van der Waals surface area (Å²) in [5, 5.41) is 15.9. The van der Waals surface area contributed by atoms with Crippen molar-refractivity contribution in [2.24, 2.45) is 0 Å². The Kier molecular flexibility index (Phi) is 3.48. The zero-order valence-corrected chi connectivity index (χ0v) is 11.9. The van der Waals surface area contributed by atoms with Crippen LogP contribution in [-0.2, 0) is 5.41 Å². The third-order valence-corrected chi connectivity index (χ3v) is 2.71. The highest BCUT2D eigenvalue weighted by molar-refractivity contribution is 5.88.